The molecule has 0 aliphatic carbocycles. The molecule has 0 saturated carbocycles. The lowest BCUT2D eigenvalue weighted by molar-refractivity contribution is -0.131. The number of carbonyl (C=O) groups excluding carboxylic acids is 1. The largest absolute Gasteiger partial charge is 0.394 e. The van der Waals surface area contributed by atoms with E-state index in [1.165, 1.54) is 250 Å². The average Bonchev–Trinajstić information content (AvgIpc) is 3.26. The lowest BCUT2D eigenvalue weighted by atomic mass is 10.0. The Morgan fingerprint density at radius 1 is 0.393 bits per heavy atom. The Hall–Kier alpha value is -1.17. The maximum atomic E-state index is 12.5. The van der Waals surface area contributed by atoms with Crippen molar-refractivity contribution in [1.82, 2.24) is 5.32 Å². The minimum absolute atomic E-state index is 0.361. The molecule has 362 valence electrons. The predicted octanol–water partition coefficient (Wildman–Crippen LogP) is 16.9. The molecule has 5 heteroatoms. The van der Waals surface area contributed by atoms with Gasteiger partial charge in [-0.1, -0.05) is 282 Å². The molecule has 0 radical (unpaired) electrons. The smallest absolute Gasteiger partial charge is 0.249 e. The third-order valence-corrected chi connectivity index (χ3v) is 13.0. The van der Waals surface area contributed by atoms with Crippen LogP contribution < -0.4 is 5.32 Å². The van der Waals surface area contributed by atoms with Gasteiger partial charge >= 0.3 is 0 Å². The highest BCUT2D eigenvalue weighted by Crippen LogP contribution is 2.17. The van der Waals surface area contributed by atoms with Crippen LogP contribution >= 0.6 is 0 Å². The first-order chi connectivity index (χ1) is 30.1. The van der Waals surface area contributed by atoms with E-state index in [1.807, 2.05) is 6.08 Å². The fourth-order valence-electron chi connectivity index (χ4n) is 8.71. The summed E-state index contributed by atoms with van der Waals surface area (Å²) in [5, 5.41) is 33.3. The molecular weight excluding hydrogens is 751 g/mol. The van der Waals surface area contributed by atoms with Crippen LogP contribution in [0.5, 0.6) is 0 Å². The van der Waals surface area contributed by atoms with Crippen LogP contribution in [0.1, 0.15) is 303 Å². The maximum absolute atomic E-state index is 12.5. The van der Waals surface area contributed by atoms with Gasteiger partial charge in [0.2, 0.25) is 5.91 Å². The number of rotatable bonds is 51. The molecule has 0 aliphatic heterocycles. The standard InChI is InChI=1S/C56H109NO4/c1-3-5-7-9-11-13-15-17-19-21-22-23-24-25-26-27-28-29-30-31-32-33-35-37-39-41-43-45-47-49-51-55(60)56(61)57-53(52-58)54(59)50-48-46-44-42-40-38-36-34-20-18-16-14-12-10-8-6-4-2/h25-26,48,50,53-55,58-60H,3-24,27-47,49,51-52H2,1-2H3,(H,57,61)/b26-25-,50-48+. The first-order valence-corrected chi connectivity index (χ1v) is 27.7. The molecule has 0 aliphatic rings. The molecule has 0 bridgehead atoms. The van der Waals surface area contributed by atoms with E-state index < -0.39 is 24.2 Å². The molecule has 5 nitrogen and oxygen atoms in total. The molecule has 0 rings (SSSR count). The van der Waals surface area contributed by atoms with Gasteiger partial charge in [-0.25, -0.2) is 0 Å². The van der Waals surface area contributed by atoms with Crippen LogP contribution in [-0.2, 0) is 4.79 Å². The number of carbonyl (C=O) groups is 1. The molecule has 1 amide bonds. The van der Waals surface area contributed by atoms with Gasteiger partial charge in [0.1, 0.15) is 6.10 Å². The molecule has 3 unspecified atom stereocenters. The van der Waals surface area contributed by atoms with E-state index in [0.29, 0.717) is 6.42 Å². The maximum Gasteiger partial charge on any atom is 0.249 e. The molecule has 0 aromatic heterocycles. The lowest BCUT2D eigenvalue weighted by Gasteiger charge is -2.21. The summed E-state index contributed by atoms with van der Waals surface area (Å²) in [6.07, 6.45) is 65.4. The minimum Gasteiger partial charge on any atom is -0.394 e. The van der Waals surface area contributed by atoms with Gasteiger partial charge in [-0.3, -0.25) is 4.79 Å². The topological polar surface area (TPSA) is 89.8 Å². The molecule has 0 aromatic carbocycles. The summed E-state index contributed by atoms with van der Waals surface area (Å²) in [6, 6.07) is -0.796. The predicted molar refractivity (Wildman–Crippen MR) is 268 cm³/mol. The molecule has 0 saturated heterocycles. The number of allylic oxidation sites excluding steroid dienone is 3. The van der Waals surface area contributed by atoms with E-state index in [9.17, 15) is 20.1 Å². The van der Waals surface area contributed by atoms with E-state index in [4.69, 9.17) is 0 Å². The number of hydrogen-bond acceptors (Lipinski definition) is 4. The second kappa shape index (κ2) is 51.5. The van der Waals surface area contributed by atoms with Crippen molar-refractivity contribution < 1.29 is 20.1 Å². The Morgan fingerprint density at radius 2 is 0.656 bits per heavy atom. The Morgan fingerprint density at radius 3 is 0.951 bits per heavy atom. The SMILES string of the molecule is CCCCCCCCCCCCCC/C=C\CCCCCCCCCCCCCCCCC(O)C(=O)NC(CO)C(O)/C=C/CCCCCCCCCCCCCCCCC. The van der Waals surface area contributed by atoms with Gasteiger partial charge in [-0.2, -0.15) is 0 Å². The number of hydrogen-bond donors (Lipinski definition) is 4. The molecular formula is C56H109NO4. The number of unbranched alkanes of at least 4 members (excludes halogenated alkanes) is 41. The number of amides is 1. The van der Waals surface area contributed by atoms with Crippen LogP contribution in [0.4, 0.5) is 0 Å². The van der Waals surface area contributed by atoms with Gasteiger partial charge in [0.05, 0.1) is 18.8 Å². The van der Waals surface area contributed by atoms with Crippen molar-refractivity contribution in [3.8, 4) is 0 Å². The lowest BCUT2D eigenvalue weighted by Crippen LogP contribution is -2.48. The summed E-state index contributed by atoms with van der Waals surface area (Å²) >= 11 is 0. The van der Waals surface area contributed by atoms with Crippen LogP contribution in [-0.4, -0.2) is 46.1 Å². The summed E-state index contributed by atoms with van der Waals surface area (Å²) in [6.45, 7) is 4.21. The summed E-state index contributed by atoms with van der Waals surface area (Å²) in [7, 11) is 0. The molecule has 3 atom stereocenters. The zero-order valence-electron chi connectivity index (χ0n) is 41.3. The van der Waals surface area contributed by atoms with Crippen LogP contribution in [0.2, 0.25) is 0 Å². The van der Waals surface area contributed by atoms with Crippen LogP contribution in [0.25, 0.3) is 0 Å². The Labute approximate surface area is 382 Å². The summed E-state index contributed by atoms with van der Waals surface area (Å²) in [5.74, 6) is -0.499. The minimum atomic E-state index is -1.10. The van der Waals surface area contributed by atoms with Gasteiger partial charge in [-0.15, -0.1) is 0 Å². The van der Waals surface area contributed by atoms with Crippen LogP contribution in [0, 0.1) is 0 Å². The quantitative estimate of drug-likeness (QED) is 0.0362. The van der Waals surface area contributed by atoms with Gasteiger partial charge in [-0.05, 0) is 44.9 Å². The fraction of sp³-hybridized carbons (Fsp3) is 0.911. The van der Waals surface area contributed by atoms with Gasteiger partial charge in [0, 0.05) is 0 Å². The highest BCUT2D eigenvalue weighted by Gasteiger charge is 2.22. The molecule has 0 fully saturated rings. The molecule has 4 N–H and O–H groups in total. The zero-order chi connectivity index (χ0) is 44.4. The van der Waals surface area contributed by atoms with Crippen LogP contribution in [0.15, 0.2) is 24.3 Å². The van der Waals surface area contributed by atoms with Crippen molar-refractivity contribution in [2.45, 2.75) is 321 Å². The van der Waals surface area contributed by atoms with Crippen molar-refractivity contribution in [2.75, 3.05) is 6.61 Å². The molecule has 61 heavy (non-hydrogen) atoms. The summed E-state index contributed by atoms with van der Waals surface area (Å²) < 4.78 is 0. The summed E-state index contributed by atoms with van der Waals surface area (Å²) in [5.41, 5.74) is 0. The average molecular weight is 860 g/mol. The first-order valence-electron chi connectivity index (χ1n) is 27.7. The molecule has 0 spiro atoms. The van der Waals surface area contributed by atoms with E-state index in [1.54, 1.807) is 6.08 Å². The molecule has 0 heterocycles. The Balaban J connectivity index is 3.53. The van der Waals surface area contributed by atoms with Crippen molar-refractivity contribution >= 4 is 5.91 Å². The van der Waals surface area contributed by atoms with E-state index >= 15 is 0 Å². The van der Waals surface area contributed by atoms with Crippen molar-refractivity contribution in [1.29, 1.82) is 0 Å². The fourth-order valence-corrected chi connectivity index (χ4v) is 8.71. The Kier molecular flexibility index (Phi) is 50.5. The first kappa shape index (κ1) is 59.8. The van der Waals surface area contributed by atoms with Crippen molar-refractivity contribution in [3.63, 3.8) is 0 Å². The second-order valence-electron chi connectivity index (χ2n) is 19.1. The monoisotopic (exact) mass is 860 g/mol. The van der Waals surface area contributed by atoms with Gasteiger partial charge in [0.25, 0.3) is 0 Å². The second-order valence-corrected chi connectivity index (χ2v) is 19.1. The molecule has 0 aromatic rings. The highest BCUT2D eigenvalue weighted by molar-refractivity contribution is 5.80. The van der Waals surface area contributed by atoms with Crippen LogP contribution in [0.3, 0.4) is 0 Å². The van der Waals surface area contributed by atoms with Gasteiger partial charge < -0.3 is 20.6 Å². The third kappa shape index (κ3) is 46.6. The van der Waals surface area contributed by atoms with Gasteiger partial charge in [0.15, 0.2) is 0 Å². The normalized spacial score (nSPS) is 13.5. The summed E-state index contributed by atoms with van der Waals surface area (Å²) in [4.78, 5) is 12.5. The number of nitrogens with one attached hydrogen (secondary N) is 1. The third-order valence-electron chi connectivity index (χ3n) is 13.0. The van der Waals surface area contributed by atoms with E-state index in [-0.39, 0.29) is 6.61 Å². The zero-order valence-corrected chi connectivity index (χ0v) is 41.3. The van der Waals surface area contributed by atoms with E-state index in [0.717, 1.165) is 32.1 Å². The van der Waals surface area contributed by atoms with Crippen molar-refractivity contribution in [2.24, 2.45) is 0 Å². The Bertz CT molecular complexity index is 905. The number of aliphatic hydroxyl groups excluding tert-OH is 3. The highest BCUT2D eigenvalue weighted by atomic mass is 16.3. The number of aliphatic hydroxyl groups is 3. The van der Waals surface area contributed by atoms with Crippen molar-refractivity contribution in [3.05, 3.63) is 24.3 Å². The van der Waals surface area contributed by atoms with E-state index in [2.05, 4.69) is 31.3 Å².